The van der Waals surface area contributed by atoms with Crippen molar-refractivity contribution < 1.29 is 18.9 Å². The first kappa shape index (κ1) is 31.8. The van der Waals surface area contributed by atoms with Gasteiger partial charge in [0.2, 0.25) is 0 Å². The van der Waals surface area contributed by atoms with E-state index in [4.69, 9.17) is 18.9 Å². The van der Waals surface area contributed by atoms with E-state index in [0.29, 0.717) is 24.5 Å². The van der Waals surface area contributed by atoms with Gasteiger partial charge in [-0.05, 0) is 48.6 Å². The molecule has 0 amide bonds. The summed E-state index contributed by atoms with van der Waals surface area (Å²) in [6, 6.07) is 21.1. The van der Waals surface area contributed by atoms with Crippen LogP contribution in [-0.4, -0.2) is 54.9 Å². The third kappa shape index (κ3) is 9.14. The summed E-state index contributed by atoms with van der Waals surface area (Å²) in [7, 11) is 7.23. The Bertz CT molecular complexity index is 787. The molecule has 0 unspecified atom stereocenters. The zero-order chi connectivity index (χ0) is 27.8. The van der Waals surface area contributed by atoms with E-state index < -0.39 is 0 Å². The number of methoxy groups -OCH3 is 4. The molecule has 0 aromatic heterocycles. The summed E-state index contributed by atoms with van der Waals surface area (Å²) in [6.07, 6.45) is 14.1. The SMILES string of the molecule is COCC(COC)(C1CCCCC1)C1CCCCC1.COCC(COC)C(c1ccccc1)c1ccccc1. The molecule has 2 aliphatic carbocycles. The van der Waals surface area contributed by atoms with Crippen molar-refractivity contribution in [3.05, 3.63) is 71.8 Å². The van der Waals surface area contributed by atoms with Gasteiger partial charge in [0.1, 0.15) is 0 Å². The second kappa shape index (κ2) is 17.9. The van der Waals surface area contributed by atoms with E-state index in [0.717, 1.165) is 25.0 Å². The highest BCUT2D eigenvalue weighted by atomic mass is 16.5. The molecule has 4 nitrogen and oxygen atoms in total. The summed E-state index contributed by atoms with van der Waals surface area (Å²) in [5.74, 6) is 2.24. The molecule has 39 heavy (non-hydrogen) atoms. The lowest BCUT2D eigenvalue weighted by Crippen LogP contribution is -2.47. The summed E-state index contributed by atoms with van der Waals surface area (Å²) < 4.78 is 22.2. The van der Waals surface area contributed by atoms with Gasteiger partial charge in [-0.25, -0.2) is 0 Å². The molecule has 218 valence electrons. The molecular formula is C35H54O4. The topological polar surface area (TPSA) is 36.9 Å². The van der Waals surface area contributed by atoms with E-state index in [-0.39, 0.29) is 5.92 Å². The van der Waals surface area contributed by atoms with E-state index in [2.05, 4.69) is 48.5 Å². The number of ether oxygens (including phenoxy) is 4. The molecule has 0 bridgehead atoms. The minimum atomic E-state index is 0.289. The Kier molecular flexibility index (Phi) is 14.6. The predicted molar refractivity (Wildman–Crippen MR) is 161 cm³/mol. The Labute approximate surface area is 238 Å². The van der Waals surface area contributed by atoms with Crippen LogP contribution in [0.5, 0.6) is 0 Å². The smallest absolute Gasteiger partial charge is 0.0546 e. The van der Waals surface area contributed by atoms with Crippen LogP contribution in [0, 0.1) is 23.2 Å². The Morgan fingerprint density at radius 3 is 1.28 bits per heavy atom. The molecule has 0 N–H and O–H groups in total. The van der Waals surface area contributed by atoms with Crippen LogP contribution < -0.4 is 0 Å². The van der Waals surface area contributed by atoms with Gasteiger partial charge in [-0.1, -0.05) is 99.2 Å². The zero-order valence-electron chi connectivity index (χ0n) is 25.1. The Balaban J connectivity index is 0.000000216. The number of benzene rings is 2. The van der Waals surface area contributed by atoms with Gasteiger partial charge in [0, 0.05) is 45.7 Å². The standard InChI is InChI=1S/C18H22O2.C17H32O2/c1-19-13-17(14-20-2)18(15-9-5-3-6-10-15)16-11-7-4-8-12-16;1-18-13-17(14-19-2,15-9-5-3-6-10-15)16-11-7-4-8-12-16/h3-12,17-18H,13-14H2,1-2H3;15-16H,3-14H2,1-2H3. The molecule has 0 saturated heterocycles. The van der Waals surface area contributed by atoms with Crippen molar-refractivity contribution in [2.75, 3.05) is 54.9 Å². The largest absolute Gasteiger partial charge is 0.384 e. The third-order valence-corrected chi connectivity index (χ3v) is 9.21. The van der Waals surface area contributed by atoms with Gasteiger partial charge in [0.05, 0.1) is 26.4 Å². The summed E-state index contributed by atoms with van der Waals surface area (Å²) in [5, 5.41) is 0. The molecule has 2 fully saturated rings. The minimum Gasteiger partial charge on any atom is -0.384 e. The maximum atomic E-state index is 5.69. The van der Waals surface area contributed by atoms with E-state index in [1.807, 2.05) is 26.4 Å². The molecule has 2 aromatic rings. The Hall–Kier alpha value is -1.72. The van der Waals surface area contributed by atoms with Gasteiger partial charge in [0.25, 0.3) is 0 Å². The number of rotatable bonds is 13. The van der Waals surface area contributed by atoms with Gasteiger partial charge >= 0.3 is 0 Å². The fraction of sp³-hybridized carbons (Fsp3) is 0.657. The van der Waals surface area contributed by atoms with Gasteiger partial charge < -0.3 is 18.9 Å². The fourth-order valence-corrected chi connectivity index (χ4v) is 7.47. The third-order valence-electron chi connectivity index (χ3n) is 9.21. The van der Waals surface area contributed by atoms with Crippen LogP contribution in [0.1, 0.15) is 81.3 Å². The molecule has 2 aliphatic rings. The second-order valence-corrected chi connectivity index (χ2v) is 11.7. The van der Waals surface area contributed by atoms with Gasteiger partial charge in [-0.15, -0.1) is 0 Å². The second-order valence-electron chi connectivity index (χ2n) is 11.7. The highest BCUT2D eigenvalue weighted by Gasteiger charge is 2.45. The Morgan fingerprint density at radius 2 is 0.949 bits per heavy atom. The molecule has 0 heterocycles. The zero-order valence-corrected chi connectivity index (χ0v) is 25.1. The lowest BCUT2D eigenvalue weighted by molar-refractivity contribution is -0.0888. The van der Waals surface area contributed by atoms with Crippen molar-refractivity contribution in [2.24, 2.45) is 23.2 Å². The monoisotopic (exact) mass is 538 g/mol. The van der Waals surface area contributed by atoms with Crippen LogP contribution >= 0.6 is 0 Å². The average Bonchev–Trinajstić information content (AvgIpc) is 3.00. The molecule has 0 spiro atoms. The molecule has 0 aliphatic heterocycles. The molecule has 4 rings (SSSR count). The highest BCUT2D eigenvalue weighted by molar-refractivity contribution is 5.33. The van der Waals surface area contributed by atoms with E-state index >= 15 is 0 Å². The molecule has 2 saturated carbocycles. The van der Waals surface area contributed by atoms with Crippen LogP contribution in [0.15, 0.2) is 60.7 Å². The lowest BCUT2D eigenvalue weighted by Gasteiger charge is -2.48. The van der Waals surface area contributed by atoms with Crippen molar-refractivity contribution >= 4 is 0 Å². The molecule has 2 aromatic carbocycles. The van der Waals surface area contributed by atoms with Crippen molar-refractivity contribution in [1.29, 1.82) is 0 Å². The van der Waals surface area contributed by atoms with Crippen LogP contribution in [0.2, 0.25) is 0 Å². The molecule has 0 atom stereocenters. The fourth-order valence-electron chi connectivity index (χ4n) is 7.47. The average molecular weight is 539 g/mol. The first-order chi connectivity index (χ1) is 19.2. The maximum absolute atomic E-state index is 5.69. The molecular weight excluding hydrogens is 484 g/mol. The molecule has 0 radical (unpaired) electrons. The van der Waals surface area contributed by atoms with E-state index in [9.17, 15) is 0 Å². The first-order valence-electron chi connectivity index (χ1n) is 15.3. The first-order valence-corrected chi connectivity index (χ1v) is 15.3. The highest BCUT2D eigenvalue weighted by Crippen LogP contribution is 2.49. The summed E-state index contributed by atoms with van der Waals surface area (Å²) in [4.78, 5) is 0. The van der Waals surface area contributed by atoms with E-state index in [1.54, 1.807) is 14.2 Å². The lowest BCUT2D eigenvalue weighted by atomic mass is 9.59. The minimum absolute atomic E-state index is 0.289. The van der Waals surface area contributed by atoms with Crippen molar-refractivity contribution in [3.63, 3.8) is 0 Å². The number of hydrogen-bond acceptors (Lipinski definition) is 4. The van der Waals surface area contributed by atoms with Crippen LogP contribution in [0.4, 0.5) is 0 Å². The van der Waals surface area contributed by atoms with E-state index in [1.165, 1.54) is 75.3 Å². The maximum Gasteiger partial charge on any atom is 0.0546 e. The summed E-state index contributed by atoms with van der Waals surface area (Å²) in [5.41, 5.74) is 2.90. The van der Waals surface area contributed by atoms with Gasteiger partial charge in [0.15, 0.2) is 0 Å². The quantitative estimate of drug-likeness (QED) is 0.258. The normalized spacial score (nSPS) is 17.3. The van der Waals surface area contributed by atoms with Gasteiger partial charge in [-0.3, -0.25) is 0 Å². The molecule has 4 heteroatoms. The van der Waals surface area contributed by atoms with Crippen molar-refractivity contribution in [3.8, 4) is 0 Å². The van der Waals surface area contributed by atoms with Crippen molar-refractivity contribution in [2.45, 2.75) is 70.1 Å². The van der Waals surface area contributed by atoms with Crippen LogP contribution in [0.3, 0.4) is 0 Å². The predicted octanol–water partition coefficient (Wildman–Crippen LogP) is 8.15. The van der Waals surface area contributed by atoms with Crippen molar-refractivity contribution in [1.82, 2.24) is 0 Å². The summed E-state index contributed by atoms with van der Waals surface area (Å²) >= 11 is 0. The van der Waals surface area contributed by atoms with Gasteiger partial charge in [-0.2, -0.15) is 0 Å². The summed E-state index contributed by atoms with van der Waals surface area (Å²) in [6.45, 7) is 3.16. The Morgan fingerprint density at radius 1 is 0.564 bits per heavy atom. The number of hydrogen-bond donors (Lipinski definition) is 0. The van der Waals surface area contributed by atoms with Crippen LogP contribution in [0.25, 0.3) is 0 Å². The van der Waals surface area contributed by atoms with Crippen LogP contribution in [-0.2, 0) is 18.9 Å².